The van der Waals surface area contributed by atoms with E-state index in [-0.39, 0.29) is 11.9 Å². The Bertz CT molecular complexity index is 1160. The molecular formula is C30H35FN2O. The summed E-state index contributed by atoms with van der Waals surface area (Å²) >= 11 is 0. The molecule has 5 rings (SSSR count). The van der Waals surface area contributed by atoms with Gasteiger partial charge in [-0.15, -0.1) is 0 Å². The Balaban J connectivity index is 1.48. The molecule has 3 aromatic carbocycles. The molecule has 2 aliphatic rings. The maximum absolute atomic E-state index is 15.4. The van der Waals surface area contributed by atoms with Crippen molar-refractivity contribution in [2.75, 3.05) is 18.0 Å². The van der Waals surface area contributed by atoms with Crippen LogP contribution in [-0.4, -0.2) is 13.1 Å². The summed E-state index contributed by atoms with van der Waals surface area (Å²) in [5, 5.41) is 0. The number of para-hydroxylation sites is 1. The molecule has 34 heavy (non-hydrogen) atoms. The van der Waals surface area contributed by atoms with Gasteiger partial charge < -0.3 is 15.4 Å². The summed E-state index contributed by atoms with van der Waals surface area (Å²) in [5.74, 6) is 0.684. The minimum atomic E-state index is -0.353. The first-order chi connectivity index (χ1) is 16.5. The van der Waals surface area contributed by atoms with Crippen LogP contribution in [0.15, 0.2) is 60.7 Å². The molecule has 0 bridgehead atoms. The van der Waals surface area contributed by atoms with Gasteiger partial charge >= 0.3 is 0 Å². The van der Waals surface area contributed by atoms with E-state index >= 15 is 4.39 Å². The molecule has 0 radical (unpaired) electrons. The molecule has 4 heteroatoms. The van der Waals surface area contributed by atoms with Crippen LogP contribution in [0.25, 0.3) is 11.1 Å². The van der Waals surface area contributed by atoms with Crippen molar-refractivity contribution in [2.24, 2.45) is 11.1 Å². The topological polar surface area (TPSA) is 38.5 Å². The Kier molecular flexibility index (Phi) is 6.35. The van der Waals surface area contributed by atoms with Crippen LogP contribution in [0.5, 0.6) is 5.75 Å². The monoisotopic (exact) mass is 458 g/mol. The molecule has 1 aliphatic heterocycles. The average molecular weight is 459 g/mol. The fraction of sp³-hybridized carbons (Fsp3) is 0.400. The maximum Gasteiger partial charge on any atom is 0.135 e. The standard InChI is InChI=1S/C30H35FN2O/c1-3-23-7-4-5-10-28(23)34-20-22-17-24(27-9-6-8-26(21(2)32)29(27)31)19-25(18-22)33-15-13-30(11-12-30)14-16-33/h4-10,17-19,21H,3,11-16,20,32H2,1-2H3. The Morgan fingerprint density at radius 2 is 1.76 bits per heavy atom. The lowest BCUT2D eigenvalue weighted by Gasteiger charge is -2.34. The second-order valence-corrected chi connectivity index (χ2v) is 10.1. The quantitative estimate of drug-likeness (QED) is 0.413. The van der Waals surface area contributed by atoms with Gasteiger partial charge in [0, 0.05) is 35.9 Å². The molecule has 178 valence electrons. The van der Waals surface area contributed by atoms with Crippen molar-refractivity contribution in [3.05, 3.63) is 83.2 Å². The van der Waals surface area contributed by atoms with Crippen LogP contribution in [0.3, 0.4) is 0 Å². The fourth-order valence-corrected chi connectivity index (χ4v) is 5.23. The Morgan fingerprint density at radius 3 is 2.47 bits per heavy atom. The van der Waals surface area contributed by atoms with Gasteiger partial charge in [-0.3, -0.25) is 0 Å². The van der Waals surface area contributed by atoms with E-state index in [0.717, 1.165) is 42.1 Å². The van der Waals surface area contributed by atoms with Crippen molar-refractivity contribution >= 4 is 5.69 Å². The first-order valence-electron chi connectivity index (χ1n) is 12.6. The van der Waals surface area contributed by atoms with Gasteiger partial charge in [-0.25, -0.2) is 4.39 Å². The first kappa shape index (κ1) is 22.9. The molecule has 1 saturated heterocycles. The summed E-state index contributed by atoms with van der Waals surface area (Å²) in [6.07, 6.45) is 6.19. The van der Waals surface area contributed by atoms with Crippen molar-refractivity contribution in [1.29, 1.82) is 0 Å². The van der Waals surface area contributed by atoms with Crippen molar-refractivity contribution in [2.45, 2.75) is 58.6 Å². The zero-order valence-electron chi connectivity index (χ0n) is 20.3. The minimum absolute atomic E-state index is 0.228. The Hall–Kier alpha value is -2.85. The normalized spacial score (nSPS) is 17.6. The number of nitrogens with zero attached hydrogens (tertiary/aromatic N) is 1. The Morgan fingerprint density at radius 1 is 1.00 bits per heavy atom. The van der Waals surface area contributed by atoms with E-state index in [0.29, 0.717) is 23.1 Å². The largest absolute Gasteiger partial charge is 0.489 e. The molecule has 1 atom stereocenters. The van der Waals surface area contributed by atoms with Gasteiger partial charge in [0.1, 0.15) is 18.2 Å². The third-order valence-corrected chi connectivity index (χ3v) is 7.70. The number of hydrogen-bond donors (Lipinski definition) is 1. The highest BCUT2D eigenvalue weighted by Gasteiger charge is 2.44. The fourth-order valence-electron chi connectivity index (χ4n) is 5.23. The molecule has 1 spiro atoms. The summed E-state index contributed by atoms with van der Waals surface area (Å²) in [6.45, 7) is 6.53. The zero-order chi connectivity index (χ0) is 23.7. The molecular weight excluding hydrogens is 423 g/mol. The van der Waals surface area contributed by atoms with Crippen LogP contribution < -0.4 is 15.4 Å². The van der Waals surface area contributed by atoms with Crippen LogP contribution in [0.4, 0.5) is 10.1 Å². The highest BCUT2D eigenvalue weighted by atomic mass is 19.1. The van der Waals surface area contributed by atoms with Gasteiger partial charge in [0.15, 0.2) is 0 Å². The molecule has 1 unspecified atom stereocenters. The molecule has 0 aromatic heterocycles. The van der Waals surface area contributed by atoms with E-state index in [2.05, 4.69) is 36.1 Å². The lowest BCUT2D eigenvalue weighted by atomic mass is 9.92. The highest BCUT2D eigenvalue weighted by Crippen LogP contribution is 2.54. The number of nitrogens with two attached hydrogens (primary N) is 1. The van der Waals surface area contributed by atoms with E-state index in [1.54, 1.807) is 6.07 Å². The number of halogens is 1. The number of anilines is 1. The minimum Gasteiger partial charge on any atom is -0.489 e. The highest BCUT2D eigenvalue weighted by molar-refractivity contribution is 5.71. The zero-order valence-corrected chi connectivity index (χ0v) is 20.3. The molecule has 2 fully saturated rings. The molecule has 2 N–H and O–H groups in total. The molecule has 3 aromatic rings. The van der Waals surface area contributed by atoms with E-state index in [9.17, 15) is 0 Å². The van der Waals surface area contributed by atoms with Crippen molar-refractivity contribution < 1.29 is 9.13 Å². The summed E-state index contributed by atoms with van der Waals surface area (Å²) < 4.78 is 21.7. The molecule has 1 saturated carbocycles. The second-order valence-electron chi connectivity index (χ2n) is 10.1. The summed E-state index contributed by atoms with van der Waals surface area (Å²) in [5.41, 5.74) is 12.1. The number of rotatable bonds is 7. The lowest BCUT2D eigenvalue weighted by Crippen LogP contribution is -2.34. The van der Waals surface area contributed by atoms with Crippen LogP contribution in [0, 0.1) is 11.2 Å². The van der Waals surface area contributed by atoms with Gasteiger partial charge in [-0.2, -0.15) is 0 Å². The number of aryl methyl sites for hydroxylation is 1. The lowest BCUT2D eigenvalue weighted by molar-refractivity contribution is 0.303. The number of hydrogen-bond acceptors (Lipinski definition) is 3. The number of ether oxygens (including phenoxy) is 1. The van der Waals surface area contributed by atoms with Crippen LogP contribution in [0.1, 0.15) is 62.3 Å². The van der Waals surface area contributed by atoms with Gasteiger partial charge in [-0.1, -0.05) is 43.3 Å². The van der Waals surface area contributed by atoms with E-state index in [1.807, 2.05) is 37.3 Å². The second kappa shape index (κ2) is 9.42. The van der Waals surface area contributed by atoms with Crippen molar-refractivity contribution in [3.8, 4) is 16.9 Å². The maximum atomic E-state index is 15.4. The predicted octanol–water partition coefficient (Wildman–Crippen LogP) is 7.03. The third-order valence-electron chi connectivity index (χ3n) is 7.70. The molecule has 1 heterocycles. The SMILES string of the molecule is CCc1ccccc1OCc1cc(-c2cccc(C(C)N)c2F)cc(N2CCC3(CC2)CC3)c1. The molecule has 3 nitrogen and oxygen atoms in total. The van der Waals surface area contributed by atoms with Crippen molar-refractivity contribution in [1.82, 2.24) is 0 Å². The molecule has 1 aliphatic carbocycles. The van der Waals surface area contributed by atoms with E-state index < -0.39 is 0 Å². The summed E-state index contributed by atoms with van der Waals surface area (Å²) in [7, 11) is 0. The van der Waals surface area contributed by atoms with Crippen LogP contribution in [0.2, 0.25) is 0 Å². The molecule has 0 amide bonds. The predicted molar refractivity (Wildman–Crippen MR) is 138 cm³/mol. The number of piperidine rings is 1. The van der Waals surface area contributed by atoms with Gasteiger partial charge in [0.05, 0.1) is 0 Å². The van der Waals surface area contributed by atoms with Crippen LogP contribution in [-0.2, 0) is 13.0 Å². The summed E-state index contributed by atoms with van der Waals surface area (Å²) in [4.78, 5) is 2.46. The van der Waals surface area contributed by atoms with Gasteiger partial charge in [0.2, 0.25) is 0 Å². The third kappa shape index (κ3) is 4.69. The number of benzene rings is 3. The van der Waals surface area contributed by atoms with Gasteiger partial charge in [-0.05, 0) is 85.4 Å². The smallest absolute Gasteiger partial charge is 0.135 e. The Labute approximate surface area is 202 Å². The van der Waals surface area contributed by atoms with E-state index in [4.69, 9.17) is 10.5 Å². The van der Waals surface area contributed by atoms with Crippen LogP contribution >= 0.6 is 0 Å². The van der Waals surface area contributed by atoms with Gasteiger partial charge in [0.25, 0.3) is 0 Å². The average Bonchev–Trinajstić information content (AvgIpc) is 3.61. The van der Waals surface area contributed by atoms with E-state index in [1.165, 1.54) is 31.2 Å². The first-order valence-corrected chi connectivity index (χ1v) is 12.6. The van der Waals surface area contributed by atoms with Crippen molar-refractivity contribution in [3.63, 3.8) is 0 Å². The summed E-state index contributed by atoms with van der Waals surface area (Å²) in [6, 6.07) is 19.8.